The molecule has 0 heterocycles. The number of benzene rings is 1. The van der Waals surface area contributed by atoms with Gasteiger partial charge in [0.05, 0.1) is 11.2 Å². The second kappa shape index (κ2) is 5.84. The highest BCUT2D eigenvalue weighted by atomic mass is 32.2. The molecule has 0 aliphatic heterocycles. The minimum Gasteiger partial charge on any atom is -0.387 e. The van der Waals surface area contributed by atoms with Gasteiger partial charge in [0, 0.05) is 18.0 Å². The van der Waals surface area contributed by atoms with Crippen molar-refractivity contribution in [2.45, 2.75) is 18.7 Å². The fraction of sp³-hybridized carbons (Fsp3) is 0.500. The molecule has 6 heteroatoms. The fourth-order valence-corrected chi connectivity index (χ4v) is 2.26. The molecule has 102 valence electrons. The highest BCUT2D eigenvalue weighted by Gasteiger charge is 2.33. The van der Waals surface area contributed by atoms with Gasteiger partial charge >= 0.3 is 6.18 Å². The summed E-state index contributed by atoms with van der Waals surface area (Å²) in [5.74, 6) is 0.453. The van der Waals surface area contributed by atoms with Crippen LogP contribution < -0.4 is 5.32 Å². The number of thioether (sulfide) groups is 1. The van der Waals surface area contributed by atoms with Crippen molar-refractivity contribution in [3.05, 3.63) is 29.8 Å². The maximum absolute atomic E-state index is 12.7. The Hall–Kier alpha value is -0.880. The van der Waals surface area contributed by atoms with Crippen LogP contribution in [-0.4, -0.2) is 29.3 Å². The Bertz CT molecular complexity index is 393. The Morgan fingerprint density at radius 3 is 2.44 bits per heavy atom. The summed E-state index contributed by atoms with van der Waals surface area (Å²) in [6.45, 7) is 1.66. The van der Waals surface area contributed by atoms with Gasteiger partial charge in [0.2, 0.25) is 0 Å². The van der Waals surface area contributed by atoms with E-state index in [0.29, 0.717) is 5.75 Å². The average molecular weight is 279 g/mol. The van der Waals surface area contributed by atoms with Gasteiger partial charge in [0.25, 0.3) is 0 Å². The van der Waals surface area contributed by atoms with Crippen LogP contribution in [0.4, 0.5) is 18.9 Å². The normalized spacial score (nSPS) is 15.2. The number of aliphatic hydroxyl groups is 1. The molecule has 0 amide bonds. The van der Waals surface area contributed by atoms with Gasteiger partial charge in [-0.15, -0.1) is 0 Å². The van der Waals surface area contributed by atoms with Crippen LogP contribution in [0.5, 0.6) is 0 Å². The number of hydrogen-bond donors (Lipinski definition) is 2. The summed E-state index contributed by atoms with van der Waals surface area (Å²) in [5, 5.41) is 12.6. The van der Waals surface area contributed by atoms with Crippen LogP contribution in [-0.2, 0) is 6.18 Å². The number of hydrogen-bond acceptors (Lipinski definition) is 3. The monoisotopic (exact) mass is 279 g/mol. The van der Waals surface area contributed by atoms with Crippen LogP contribution >= 0.6 is 11.8 Å². The Labute approximate surface area is 109 Å². The molecule has 0 saturated carbocycles. The van der Waals surface area contributed by atoms with Crippen molar-refractivity contribution in [2.75, 3.05) is 23.9 Å². The first-order chi connectivity index (χ1) is 8.26. The van der Waals surface area contributed by atoms with Crippen LogP contribution in [0.3, 0.4) is 0 Å². The molecule has 2 N–H and O–H groups in total. The van der Waals surface area contributed by atoms with E-state index in [2.05, 4.69) is 5.32 Å². The third kappa shape index (κ3) is 4.42. The molecule has 0 bridgehead atoms. The zero-order valence-corrected chi connectivity index (χ0v) is 11.0. The maximum atomic E-state index is 12.7. The van der Waals surface area contributed by atoms with E-state index in [1.165, 1.54) is 30.0 Å². The van der Waals surface area contributed by atoms with Crippen molar-refractivity contribution in [3.8, 4) is 0 Å². The summed E-state index contributed by atoms with van der Waals surface area (Å²) < 4.78 is 38.1. The Morgan fingerprint density at radius 1 is 1.28 bits per heavy atom. The van der Waals surface area contributed by atoms with Crippen LogP contribution in [0.1, 0.15) is 12.5 Å². The Balaban J connectivity index is 2.80. The smallest absolute Gasteiger partial charge is 0.387 e. The van der Waals surface area contributed by atoms with Crippen LogP contribution in [0.25, 0.3) is 0 Å². The SMILES string of the molecule is CSCC(C)(O)CNc1ccccc1C(F)(F)F. The largest absolute Gasteiger partial charge is 0.418 e. The van der Waals surface area contributed by atoms with Gasteiger partial charge in [-0.3, -0.25) is 0 Å². The topological polar surface area (TPSA) is 32.3 Å². The minimum atomic E-state index is -4.39. The highest BCUT2D eigenvalue weighted by molar-refractivity contribution is 7.98. The summed E-state index contributed by atoms with van der Waals surface area (Å²) in [5.41, 5.74) is -1.77. The number of rotatable bonds is 5. The van der Waals surface area contributed by atoms with E-state index in [4.69, 9.17) is 0 Å². The zero-order chi connectivity index (χ0) is 13.8. The highest BCUT2D eigenvalue weighted by Crippen LogP contribution is 2.34. The van der Waals surface area contributed by atoms with E-state index in [1.54, 1.807) is 6.92 Å². The third-order valence-corrected chi connectivity index (χ3v) is 3.26. The van der Waals surface area contributed by atoms with Gasteiger partial charge < -0.3 is 10.4 Å². The first-order valence-electron chi connectivity index (χ1n) is 5.38. The molecule has 1 aromatic carbocycles. The van der Waals surface area contributed by atoms with Crippen molar-refractivity contribution in [2.24, 2.45) is 0 Å². The lowest BCUT2D eigenvalue weighted by molar-refractivity contribution is -0.137. The lowest BCUT2D eigenvalue weighted by Gasteiger charge is -2.24. The van der Waals surface area contributed by atoms with Crippen molar-refractivity contribution >= 4 is 17.4 Å². The minimum absolute atomic E-state index is 0.00798. The van der Waals surface area contributed by atoms with E-state index in [0.717, 1.165) is 6.07 Å². The molecule has 1 atom stereocenters. The lowest BCUT2D eigenvalue weighted by atomic mass is 10.1. The van der Waals surface area contributed by atoms with Crippen molar-refractivity contribution in [3.63, 3.8) is 0 Å². The molecular formula is C12H16F3NOS. The maximum Gasteiger partial charge on any atom is 0.418 e. The summed E-state index contributed by atoms with van der Waals surface area (Å²) >= 11 is 1.44. The van der Waals surface area contributed by atoms with Gasteiger partial charge in [-0.1, -0.05) is 12.1 Å². The first-order valence-corrected chi connectivity index (χ1v) is 6.77. The van der Waals surface area contributed by atoms with Gasteiger partial charge in [-0.05, 0) is 25.3 Å². The number of para-hydroxylation sites is 1. The molecule has 1 rings (SSSR count). The van der Waals surface area contributed by atoms with Gasteiger partial charge in [0.15, 0.2) is 0 Å². The molecule has 1 aromatic rings. The van der Waals surface area contributed by atoms with E-state index in [9.17, 15) is 18.3 Å². The molecular weight excluding hydrogens is 263 g/mol. The van der Waals surface area contributed by atoms with Crippen molar-refractivity contribution in [1.82, 2.24) is 0 Å². The Kier molecular flexibility index (Phi) is 4.92. The average Bonchev–Trinajstić information content (AvgIpc) is 2.26. The standard InChI is InChI=1S/C12H16F3NOS/c1-11(17,8-18-2)7-16-10-6-4-3-5-9(10)12(13,14)15/h3-6,16-17H,7-8H2,1-2H3. The quantitative estimate of drug-likeness (QED) is 0.868. The number of halogens is 3. The molecule has 0 aliphatic rings. The molecule has 1 unspecified atom stereocenters. The molecule has 0 aliphatic carbocycles. The summed E-state index contributed by atoms with van der Waals surface area (Å²) in [4.78, 5) is 0. The zero-order valence-electron chi connectivity index (χ0n) is 10.2. The van der Waals surface area contributed by atoms with E-state index >= 15 is 0 Å². The molecule has 2 nitrogen and oxygen atoms in total. The number of alkyl halides is 3. The number of anilines is 1. The molecule has 18 heavy (non-hydrogen) atoms. The van der Waals surface area contributed by atoms with Crippen LogP contribution in [0, 0.1) is 0 Å². The van der Waals surface area contributed by atoms with Gasteiger partial charge in [0.1, 0.15) is 0 Å². The summed E-state index contributed by atoms with van der Waals surface area (Å²) in [6.07, 6.45) is -2.56. The number of nitrogens with one attached hydrogen (secondary N) is 1. The second-order valence-electron chi connectivity index (χ2n) is 4.33. The van der Waals surface area contributed by atoms with Crippen molar-refractivity contribution < 1.29 is 18.3 Å². The second-order valence-corrected chi connectivity index (χ2v) is 5.19. The summed E-state index contributed by atoms with van der Waals surface area (Å²) in [7, 11) is 0. The summed E-state index contributed by atoms with van der Waals surface area (Å²) in [6, 6.07) is 5.25. The molecule has 0 fully saturated rings. The van der Waals surface area contributed by atoms with E-state index < -0.39 is 17.3 Å². The molecule has 0 aromatic heterocycles. The molecule has 0 saturated heterocycles. The Morgan fingerprint density at radius 2 is 1.89 bits per heavy atom. The molecule has 0 spiro atoms. The lowest BCUT2D eigenvalue weighted by Crippen LogP contribution is -2.36. The van der Waals surface area contributed by atoms with Gasteiger partial charge in [-0.25, -0.2) is 0 Å². The molecule has 0 radical (unpaired) electrons. The van der Waals surface area contributed by atoms with Crippen molar-refractivity contribution in [1.29, 1.82) is 0 Å². The van der Waals surface area contributed by atoms with Gasteiger partial charge in [-0.2, -0.15) is 24.9 Å². The van der Waals surface area contributed by atoms with E-state index in [1.807, 2.05) is 6.26 Å². The fourth-order valence-electron chi connectivity index (χ4n) is 1.53. The third-order valence-electron chi connectivity index (χ3n) is 2.35. The predicted molar refractivity (Wildman–Crippen MR) is 68.9 cm³/mol. The predicted octanol–water partition coefficient (Wildman–Crippen LogP) is 3.23. The van der Waals surface area contributed by atoms with Crippen LogP contribution in [0.15, 0.2) is 24.3 Å². The first kappa shape index (κ1) is 15.2. The van der Waals surface area contributed by atoms with E-state index in [-0.39, 0.29) is 12.2 Å². The van der Waals surface area contributed by atoms with Crippen LogP contribution in [0.2, 0.25) is 0 Å².